The zero-order valence-electron chi connectivity index (χ0n) is 24.2. The van der Waals surface area contributed by atoms with Crippen LogP contribution in [0.3, 0.4) is 0 Å². The van der Waals surface area contributed by atoms with E-state index >= 15 is 0 Å². The van der Waals surface area contributed by atoms with Crippen LogP contribution in [-0.2, 0) is 11.3 Å². The van der Waals surface area contributed by atoms with Gasteiger partial charge < -0.3 is 18.6 Å². The Morgan fingerprint density at radius 1 is 1.00 bits per heavy atom. The molecule has 5 aromatic rings. The Balaban J connectivity index is 1.46. The lowest BCUT2D eigenvalue weighted by Crippen LogP contribution is -2.45. The summed E-state index contributed by atoms with van der Waals surface area (Å²) in [7, 11) is 0. The highest BCUT2D eigenvalue weighted by Crippen LogP contribution is 2.40. The highest BCUT2D eigenvalue weighted by molar-refractivity contribution is 6.30. The number of aromatic nitrogens is 6. The second-order valence-corrected chi connectivity index (χ2v) is 12.2. The van der Waals surface area contributed by atoms with Gasteiger partial charge in [0.2, 0.25) is 11.8 Å². The number of hydrogen-bond acceptors (Lipinski definition) is 8. The quantitative estimate of drug-likeness (QED) is 0.242. The van der Waals surface area contributed by atoms with Crippen LogP contribution >= 0.6 is 11.6 Å². The van der Waals surface area contributed by atoms with Crippen LogP contribution in [0.2, 0.25) is 5.02 Å². The van der Waals surface area contributed by atoms with Crippen molar-refractivity contribution in [3.63, 3.8) is 0 Å². The summed E-state index contributed by atoms with van der Waals surface area (Å²) in [6.07, 6.45) is 4.70. The number of halogens is 1. The van der Waals surface area contributed by atoms with E-state index in [0.717, 1.165) is 42.3 Å². The number of imidazole rings is 1. The van der Waals surface area contributed by atoms with Gasteiger partial charge in [-0.15, -0.1) is 5.10 Å². The van der Waals surface area contributed by atoms with Gasteiger partial charge in [-0.1, -0.05) is 73.8 Å². The minimum Gasteiger partial charge on any atom is -0.384 e. The first-order chi connectivity index (χ1) is 20.9. The summed E-state index contributed by atoms with van der Waals surface area (Å²) in [5.74, 6) is 1.59. The largest absolute Gasteiger partial charge is 0.434 e. The molecule has 0 spiro atoms. The van der Waals surface area contributed by atoms with Crippen molar-refractivity contribution < 1.29 is 9.15 Å². The highest BCUT2D eigenvalue weighted by Gasteiger charge is 2.35. The van der Waals surface area contributed by atoms with Gasteiger partial charge in [-0.2, -0.15) is 4.98 Å². The fourth-order valence-electron chi connectivity index (χ4n) is 6.59. The van der Waals surface area contributed by atoms with Crippen LogP contribution in [0.1, 0.15) is 51.1 Å². The monoisotopic (exact) mass is 599 g/mol. The Morgan fingerprint density at radius 3 is 2.56 bits per heavy atom. The number of fused-ring (bicyclic) bond motifs is 1. The van der Waals surface area contributed by atoms with E-state index in [9.17, 15) is 4.79 Å². The molecular formula is C32H34ClN7O3. The molecule has 0 unspecified atom stereocenters. The van der Waals surface area contributed by atoms with Crippen molar-refractivity contribution in [3.8, 4) is 23.0 Å². The van der Waals surface area contributed by atoms with Crippen molar-refractivity contribution in [2.45, 2.75) is 58.2 Å². The molecule has 11 heteroatoms. The molecule has 2 fully saturated rings. The van der Waals surface area contributed by atoms with Gasteiger partial charge in [0, 0.05) is 23.7 Å². The van der Waals surface area contributed by atoms with E-state index in [1.54, 1.807) is 0 Å². The minimum atomic E-state index is -0.672. The third kappa shape index (κ3) is 5.45. The maximum atomic E-state index is 11.8. The molecule has 1 saturated heterocycles. The second kappa shape index (κ2) is 11.6. The molecule has 0 amide bonds. The molecule has 3 aromatic heterocycles. The minimum absolute atomic E-state index is 0.00898. The lowest BCUT2D eigenvalue weighted by atomic mass is 9.83. The van der Waals surface area contributed by atoms with E-state index in [1.807, 2.05) is 30.3 Å². The first-order valence-corrected chi connectivity index (χ1v) is 15.4. The Bertz CT molecular complexity index is 1790. The molecule has 2 aromatic carbocycles. The zero-order valence-corrected chi connectivity index (χ0v) is 25.0. The van der Waals surface area contributed by atoms with E-state index in [1.165, 1.54) is 18.4 Å². The van der Waals surface area contributed by atoms with Crippen molar-refractivity contribution in [2.24, 2.45) is 11.8 Å². The van der Waals surface area contributed by atoms with E-state index in [2.05, 4.69) is 57.8 Å². The molecule has 0 bridgehead atoms. The van der Waals surface area contributed by atoms with Crippen LogP contribution in [0.5, 0.6) is 0 Å². The maximum absolute atomic E-state index is 11.8. The van der Waals surface area contributed by atoms with Crippen LogP contribution in [-0.4, -0.2) is 49.0 Å². The molecule has 1 saturated carbocycles. The van der Waals surface area contributed by atoms with Crippen molar-refractivity contribution in [1.82, 2.24) is 29.7 Å². The van der Waals surface area contributed by atoms with E-state index in [4.69, 9.17) is 35.7 Å². The summed E-state index contributed by atoms with van der Waals surface area (Å²) >= 11 is 6.48. The standard InChI is InChI=1S/C32H34ClN7O3/c1-19-11-13-21(14-12-19)18-40-27-25(23-9-6-10-24(33)17-23)34-29(30-37-38-32(41)43-30)35-28(27)36-31(40)39-15-16-42-20(2)26(39)22-7-4-3-5-8-22/h3-10,17,19-21,26H,11-16,18H2,1-2H3,(H,38,41)/t19?,20-,21?,26+/m1/s1. The predicted octanol–water partition coefficient (Wildman–Crippen LogP) is 6.28. The van der Waals surface area contributed by atoms with Crippen LogP contribution in [0, 0.1) is 11.8 Å². The number of ether oxygens (including phenoxy) is 1. The van der Waals surface area contributed by atoms with E-state index < -0.39 is 5.76 Å². The summed E-state index contributed by atoms with van der Waals surface area (Å²) in [5, 5.41) is 6.92. The SMILES string of the molecule is CC1CCC(Cn2c(N3CCO[C@H](C)[C@H]3c3ccccc3)nc3nc(-c4n[nH]c(=O)o4)nc(-c4cccc(Cl)c4)c32)CC1. The molecule has 0 radical (unpaired) electrons. The summed E-state index contributed by atoms with van der Waals surface area (Å²) in [5.41, 5.74) is 3.98. The molecule has 1 aliphatic carbocycles. The molecular weight excluding hydrogens is 566 g/mol. The lowest BCUT2D eigenvalue weighted by molar-refractivity contribution is 0.0221. The number of hydrogen-bond donors (Lipinski definition) is 1. The van der Waals surface area contributed by atoms with Gasteiger partial charge in [-0.25, -0.2) is 19.9 Å². The van der Waals surface area contributed by atoms with Crippen molar-refractivity contribution in [2.75, 3.05) is 18.1 Å². The molecule has 222 valence electrons. The Kier molecular flexibility index (Phi) is 7.48. The molecule has 2 aliphatic rings. The van der Waals surface area contributed by atoms with Gasteiger partial charge in [-0.05, 0) is 49.3 Å². The molecule has 2 atom stereocenters. The lowest BCUT2D eigenvalue weighted by Gasteiger charge is -2.41. The fourth-order valence-corrected chi connectivity index (χ4v) is 6.78. The Hall–Kier alpha value is -4.02. The highest BCUT2D eigenvalue weighted by atomic mass is 35.5. The smallest absolute Gasteiger partial charge is 0.384 e. The molecule has 7 rings (SSSR count). The van der Waals surface area contributed by atoms with E-state index in [-0.39, 0.29) is 23.9 Å². The van der Waals surface area contributed by atoms with Crippen molar-refractivity contribution in [1.29, 1.82) is 0 Å². The number of rotatable bonds is 6. The number of nitrogens with zero attached hydrogens (tertiary/aromatic N) is 6. The Labute approximate surface area is 254 Å². The summed E-state index contributed by atoms with van der Waals surface area (Å²) in [6, 6.07) is 18.0. The number of anilines is 1. The first kappa shape index (κ1) is 27.8. The fraction of sp³-hybridized carbons (Fsp3) is 0.406. The first-order valence-electron chi connectivity index (χ1n) is 15.0. The van der Waals surface area contributed by atoms with Crippen LogP contribution in [0.4, 0.5) is 5.95 Å². The number of aromatic amines is 1. The number of benzene rings is 2. The van der Waals surface area contributed by atoms with Gasteiger partial charge in [0.1, 0.15) is 11.2 Å². The van der Waals surface area contributed by atoms with Crippen molar-refractivity contribution in [3.05, 3.63) is 75.7 Å². The zero-order chi connectivity index (χ0) is 29.5. The van der Waals surface area contributed by atoms with Crippen LogP contribution in [0.15, 0.2) is 63.8 Å². The summed E-state index contributed by atoms with van der Waals surface area (Å²) in [6.45, 7) is 6.52. The third-order valence-corrected chi connectivity index (χ3v) is 9.01. The number of morpholine rings is 1. The average Bonchev–Trinajstić information content (AvgIpc) is 3.61. The molecule has 4 heterocycles. The van der Waals surface area contributed by atoms with Gasteiger partial charge in [-0.3, -0.25) is 0 Å². The second-order valence-electron chi connectivity index (χ2n) is 11.8. The van der Waals surface area contributed by atoms with Crippen LogP contribution < -0.4 is 10.7 Å². The summed E-state index contributed by atoms with van der Waals surface area (Å²) < 4.78 is 13.8. The number of nitrogens with one attached hydrogen (secondary N) is 1. The Morgan fingerprint density at radius 2 is 1.81 bits per heavy atom. The molecule has 1 N–H and O–H groups in total. The van der Waals surface area contributed by atoms with Gasteiger partial charge in [0.05, 0.1) is 18.8 Å². The normalized spacial score (nSPS) is 22.7. The summed E-state index contributed by atoms with van der Waals surface area (Å²) in [4.78, 5) is 29.2. The van der Waals surface area contributed by atoms with Crippen molar-refractivity contribution >= 4 is 28.7 Å². The number of H-pyrrole nitrogens is 1. The van der Waals surface area contributed by atoms with Gasteiger partial charge in [0.15, 0.2) is 5.65 Å². The van der Waals surface area contributed by atoms with Crippen LogP contribution in [0.25, 0.3) is 34.1 Å². The molecule has 10 nitrogen and oxygen atoms in total. The van der Waals surface area contributed by atoms with E-state index in [0.29, 0.717) is 35.4 Å². The predicted molar refractivity (Wildman–Crippen MR) is 165 cm³/mol. The molecule has 1 aliphatic heterocycles. The average molecular weight is 600 g/mol. The maximum Gasteiger partial charge on any atom is 0.434 e. The molecule has 43 heavy (non-hydrogen) atoms. The van der Waals surface area contributed by atoms with Gasteiger partial charge >= 0.3 is 5.76 Å². The van der Waals surface area contributed by atoms with Gasteiger partial charge in [0.25, 0.3) is 5.89 Å². The third-order valence-electron chi connectivity index (χ3n) is 8.78. The topological polar surface area (TPSA) is 115 Å².